The molecule has 16 heavy (non-hydrogen) atoms. The molecule has 0 radical (unpaired) electrons. The van der Waals surface area contributed by atoms with Crippen molar-refractivity contribution in [3.05, 3.63) is 0 Å². The Morgan fingerprint density at radius 2 is 2.25 bits per heavy atom. The van der Waals surface area contributed by atoms with Gasteiger partial charge in [-0.25, -0.2) is 0 Å². The normalized spacial score (nSPS) is 26.5. The first-order chi connectivity index (χ1) is 7.40. The maximum atomic E-state index is 11.9. The summed E-state index contributed by atoms with van der Waals surface area (Å²) in [4.78, 5) is 0. The molecule has 1 atom stereocenters. The Morgan fingerprint density at radius 1 is 1.56 bits per heavy atom. The summed E-state index contributed by atoms with van der Waals surface area (Å²) in [5, 5.41) is 8.65. The third-order valence-electron chi connectivity index (χ3n) is 2.64. The number of aliphatic hydroxyl groups is 1. The zero-order chi connectivity index (χ0) is 12.2. The van der Waals surface area contributed by atoms with E-state index in [-0.39, 0.29) is 6.61 Å². The summed E-state index contributed by atoms with van der Waals surface area (Å²) >= 11 is 0. The molecular formula is C9H20N2O4S. The Morgan fingerprint density at radius 3 is 2.75 bits per heavy atom. The lowest BCUT2D eigenvalue weighted by Gasteiger charge is -2.27. The topological polar surface area (TPSA) is 78.9 Å². The molecule has 96 valence electrons. The third kappa shape index (κ3) is 3.67. The fourth-order valence-corrected chi connectivity index (χ4v) is 2.86. The number of nitrogens with one attached hydrogen (secondary N) is 1. The zero-order valence-electron chi connectivity index (χ0n) is 9.77. The number of hydrogen-bond donors (Lipinski definition) is 2. The molecule has 1 fully saturated rings. The van der Waals surface area contributed by atoms with E-state index in [1.54, 1.807) is 0 Å². The van der Waals surface area contributed by atoms with E-state index in [9.17, 15) is 8.42 Å². The number of nitrogens with zero attached hydrogens (tertiary/aromatic N) is 1. The van der Waals surface area contributed by atoms with Crippen molar-refractivity contribution in [2.75, 3.05) is 33.4 Å². The van der Waals surface area contributed by atoms with Gasteiger partial charge in [0.25, 0.3) is 10.2 Å². The summed E-state index contributed by atoms with van der Waals surface area (Å²) < 4.78 is 32.8. The van der Waals surface area contributed by atoms with Gasteiger partial charge in [-0.2, -0.15) is 17.4 Å². The average Bonchev–Trinajstić information content (AvgIpc) is 2.59. The first-order valence-electron chi connectivity index (χ1n) is 5.33. The minimum absolute atomic E-state index is 0.0137. The average molecular weight is 252 g/mol. The van der Waals surface area contributed by atoms with Gasteiger partial charge in [-0.3, -0.25) is 0 Å². The van der Waals surface area contributed by atoms with Crippen molar-refractivity contribution in [3.63, 3.8) is 0 Å². The SMILES string of the molecule is CN(CCCO)S(=O)(=O)NC1(C)CCOC1. The van der Waals surface area contributed by atoms with Gasteiger partial charge >= 0.3 is 0 Å². The maximum absolute atomic E-state index is 11.9. The minimum Gasteiger partial charge on any atom is -0.396 e. The van der Waals surface area contributed by atoms with Crippen molar-refractivity contribution in [1.29, 1.82) is 0 Å². The van der Waals surface area contributed by atoms with Gasteiger partial charge in [0.15, 0.2) is 0 Å². The number of aliphatic hydroxyl groups excluding tert-OH is 1. The molecule has 0 aromatic rings. The summed E-state index contributed by atoms with van der Waals surface area (Å²) in [6.45, 7) is 3.11. The second-order valence-corrected chi connectivity index (χ2v) is 6.15. The van der Waals surface area contributed by atoms with Gasteiger partial charge < -0.3 is 9.84 Å². The van der Waals surface area contributed by atoms with Gasteiger partial charge in [0.1, 0.15) is 0 Å². The van der Waals surface area contributed by atoms with E-state index in [1.807, 2.05) is 6.92 Å². The molecule has 0 amide bonds. The van der Waals surface area contributed by atoms with Crippen molar-refractivity contribution in [2.24, 2.45) is 0 Å². The van der Waals surface area contributed by atoms with Crippen LogP contribution in [0.5, 0.6) is 0 Å². The van der Waals surface area contributed by atoms with Crippen LogP contribution < -0.4 is 4.72 Å². The van der Waals surface area contributed by atoms with E-state index in [2.05, 4.69) is 4.72 Å². The lowest BCUT2D eigenvalue weighted by atomic mass is 10.0. The van der Waals surface area contributed by atoms with E-state index in [4.69, 9.17) is 9.84 Å². The lowest BCUT2D eigenvalue weighted by molar-refractivity contribution is 0.177. The Bertz CT molecular complexity index is 311. The highest BCUT2D eigenvalue weighted by molar-refractivity contribution is 7.87. The van der Waals surface area contributed by atoms with E-state index in [1.165, 1.54) is 11.4 Å². The highest BCUT2D eigenvalue weighted by atomic mass is 32.2. The molecule has 0 spiro atoms. The highest BCUT2D eigenvalue weighted by Crippen LogP contribution is 2.19. The van der Waals surface area contributed by atoms with Crippen LogP contribution in [0, 0.1) is 0 Å². The molecular weight excluding hydrogens is 232 g/mol. The summed E-state index contributed by atoms with van der Waals surface area (Å²) in [6, 6.07) is 0. The monoisotopic (exact) mass is 252 g/mol. The van der Waals surface area contributed by atoms with Crippen LogP contribution in [0.1, 0.15) is 19.8 Å². The molecule has 7 heteroatoms. The summed E-state index contributed by atoms with van der Waals surface area (Å²) in [5.41, 5.74) is -0.508. The molecule has 0 bridgehead atoms. The quantitative estimate of drug-likeness (QED) is 0.656. The Labute approximate surface area is 96.8 Å². The second kappa shape index (κ2) is 5.42. The predicted octanol–water partition coefficient (Wildman–Crippen LogP) is -0.686. The highest BCUT2D eigenvalue weighted by Gasteiger charge is 2.35. The zero-order valence-corrected chi connectivity index (χ0v) is 10.6. The van der Waals surface area contributed by atoms with Crippen LogP contribution in [0.3, 0.4) is 0 Å². The lowest BCUT2D eigenvalue weighted by Crippen LogP contribution is -2.51. The first kappa shape index (κ1) is 13.9. The molecule has 0 aromatic carbocycles. The van der Waals surface area contributed by atoms with Gasteiger partial charge in [0.2, 0.25) is 0 Å². The molecule has 0 aliphatic carbocycles. The summed E-state index contributed by atoms with van der Waals surface area (Å²) in [7, 11) is -1.98. The largest absolute Gasteiger partial charge is 0.396 e. The molecule has 1 aliphatic rings. The van der Waals surface area contributed by atoms with E-state index < -0.39 is 15.7 Å². The number of hydrogen-bond acceptors (Lipinski definition) is 4. The Hall–Kier alpha value is -0.210. The fourth-order valence-electron chi connectivity index (χ4n) is 1.55. The molecule has 1 heterocycles. The minimum atomic E-state index is -3.48. The van der Waals surface area contributed by atoms with Crippen molar-refractivity contribution in [2.45, 2.75) is 25.3 Å². The standard InChI is InChI=1S/C9H20N2O4S/c1-9(4-7-15-8-9)10-16(13,14)11(2)5-3-6-12/h10,12H,3-8H2,1-2H3. The van der Waals surface area contributed by atoms with Crippen LogP contribution in [0.4, 0.5) is 0 Å². The van der Waals surface area contributed by atoms with Crippen LogP contribution in [-0.4, -0.2) is 56.8 Å². The molecule has 6 nitrogen and oxygen atoms in total. The van der Waals surface area contributed by atoms with Crippen LogP contribution in [0.15, 0.2) is 0 Å². The molecule has 0 aromatic heterocycles. The van der Waals surface area contributed by atoms with Gasteiger partial charge in [-0.15, -0.1) is 0 Å². The molecule has 1 unspecified atom stereocenters. The van der Waals surface area contributed by atoms with E-state index in [0.29, 0.717) is 32.6 Å². The van der Waals surface area contributed by atoms with Crippen molar-refractivity contribution >= 4 is 10.2 Å². The van der Waals surface area contributed by atoms with Gasteiger partial charge in [0, 0.05) is 26.8 Å². The Balaban J connectivity index is 2.56. The van der Waals surface area contributed by atoms with Gasteiger partial charge in [0.05, 0.1) is 12.1 Å². The van der Waals surface area contributed by atoms with Crippen LogP contribution in [0.2, 0.25) is 0 Å². The van der Waals surface area contributed by atoms with E-state index >= 15 is 0 Å². The number of ether oxygens (including phenoxy) is 1. The molecule has 1 saturated heterocycles. The smallest absolute Gasteiger partial charge is 0.279 e. The van der Waals surface area contributed by atoms with Crippen LogP contribution in [-0.2, 0) is 14.9 Å². The van der Waals surface area contributed by atoms with Crippen molar-refractivity contribution in [1.82, 2.24) is 9.03 Å². The van der Waals surface area contributed by atoms with Gasteiger partial charge in [-0.05, 0) is 19.8 Å². The third-order valence-corrected chi connectivity index (χ3v) is 4.39. The number of rotatable bonds is 6. The molecule has 1 aliphatic heterocycles. The van der Waals surface area contributed by atoms with Crippen molar-refractivity contribution < 1.29 is 18.3 Å². The van der Waals surface area contributed by atoms with E-state index in [0.717, 1.165) is 0 Å². The molecule has 2 N–H and O–H groups in total. The molecule has 1 rings (SSSR count). The summed E-state index contributed by atoms with van der Waals surface area (Å²) in [6.07, 6.45) is 1.12. The Kier molecular flexibility index (Phi) is 4.69. The van der Waals surface area contributed by atoms with Gasteiger partial charge in [-0.1, -0.05) is 0 Å². The van der Waals surface area contributed by atoms with Crippen molar-refractivity contribution in [3.8, 4) is 0 Å². The van der Waals surface area contributed by atoms with Crippen LogP contribution >= 0.6 is 0 Å². The first-order valence-corrected chi connectivity index (χ1v) is 6.77. The maximum Gasteiger partial charge on any atom is 0.279 e. The predicted molar refractivity (Wildman–Crippen MR) is 60.2 cm³/mol. The fraction of sp³-hybridized carbons (Fsp3) is 1.00. The molecule has 0 saturated carbocycles. The second-order valence-electron chi connectivity index (χ2n) is 4.37. The summed E-state index contributed by atoms with van der Waals surface area (Å²) in [5.74, 6) is 0. The van der Waals surface area contributed by atoms with Crippen LogP contribution in [0.25, 0.3) is 0 Å².